The van der Waals surface area contributed by atoms with Crippen molar-refractivity contribution in [2.75, 3.05) is 0 Å². The van der Waals surface area contributed by atoms with Crippen molar-refractivity contribution < 1.29 is 4.74 Å². The highest BCUT2D eigenvalue weighted by molar-refractivity contribution is 6.30. The predicted octanol–water partition coefficient (Wildman–Crippen LogP) is 5.63. The second kappa shape index (κ2) is 10.1. The summed E-state index contributed by atoms with van der Waals surface area (Å²) in [5.74, 6) is 0.879. The van der Waals surface area contributed by atoms with E-state index in [9.17, 15) is 0 Å². The standard InChI is InChI=1S/C21H20ClNO.ClH/c22-20-11-9-18(10-12-20)16-24-21-8-4-7-19(13-21)15-23-14-17-5-2-1-3-6-17;/h1-13,23H,14-16H2;1H. The SMILES string of the molecule is Cl.Clc1ccc(COc2cccc(CNCc3ccccc3)c2)cc1. The van der Waals surface area contributed by atoms with E-state index in [0.29, 0.717) is 6.61 Å². The minimum absolute atomic E-state index is 0. The molecule has 2 nitrogen and oxygen atoms in total. The topological polar surface area (TPSA) is 21.3 Å². The zero-order valence-corrected chi connectivity index (χ0v) is 15.4. The summed E-state index contributed by atoms with van der Waals surface area (Å²) in [5.41, 5.74) is 3.60. The Morgan fingerprint density at radius 3 is 2.16 bits per heavy atom. The van der Waals surface area contributed by atoms with E-state index in [1.165, 1.54) is 11.1 Å². The molecule has 0 fully saturated rings. The Morgan fingerprint density at radius 2 is 1.40 bits per heavy atom. The molecule has 0 spiro atoms. The molecule has 3 rings (SSSR count). The third-order valence-corrected chi connectivity index (χ3v) is 3.97. The van der Waals surface area contributed by atoms with Gasteiger partial charge in [0.15, 0.2) is 0 Å². The zero-order chi connectivity index (χ0) is 16.6. The second-order valence-electron chi connectivity index (χ2n) is 5.65. The summed E-state index contributed by atoms with van der Waals surface area (Å²) in [4.78, 5) is 0. The van der Waals surface area contributed by atoms with Crippen LogP contribution in [0.2, 0.25) is 5.02 Å². The van der Waals surface area contributed by atoms with Crippen molar-refractivity contribution in [3.63, 3.8) is 0 Å². The first-order valence-corrected chi connectivity index (χ1v) is 8.38. The molecule has 3 aromatic carbocycles. The van der Waals surface area contributed by atoms with E-state index < -0.39 is 0 Å². The fourth-order valence-corrected chi connectivity index (χ4v) is 2.57. The first-order valence-electron chi connectivity index (χ1n) is 8.00. The van der Waals surface area contributed by atoms with Gasteiger partial charge in [-0.2, -0.15) is 0 Å². The van der Waals surface area contributed by atoms with Gasteiger partial charge in [0.1, 0.15) is 12.4 Å². The van der Waals surface area contributed by atoms with Gasteiger partial charge in [0.25, 0.3) is 0 Å². The van der Waals surface area contributed by atoms with Crippen LogP contribution in [-0.4, -0.2) is 0 Å². The fraction of sp³-hybridized carbons (Fsp3) is 0.143. The van der Waals surface area contributed by atoms with E-state index >= 15 is 0 Å². The van der Waals surface area contributed by atoms with Gasteiger partial charge in [0, 0.05) is 18.1 Å². The van der Waals surface area contributed by atoms with Crippen LogP contribution in [0, 0.1) is 0 Å². The summed E-state index contributed by atoms with van der Waals surface area (Å²) in [5, 5.41) is 4.20. The first kappa shape index (κ1) is 19.3. The summed E-state index contributed by atoms with van der Waals surface area (Å²) in [6.07, 6.45) is 0. The lowest BCUT2D eigenvalue weighted by molar-refractivity contribution is 0.306. The molecule has 0 unspecified atom stereocenters. The van der Waals surface area contributed by atoms with Gasteiger partial charge in [-0.1, -0.05) is 66.2 Å². The molecular weight excluding hydrogens is 353 g/mol. The summed E-state index contributed by atoms with van der Waals surface area (Å²) in [6.45, 7) is 2.21. The maximum absolute atomic E-state index is 5.89. The van der Waals surface area contributed by atoms with Gasteiger partial charge in [-0.05, 0) is 41.0 Å². The van der Waals surface area contributed by atoms with Crippen molar-refractivity contribution >= 4 is 24.0 Å². The molecule has 0 aliphatic heterocycles. The number of hydrogen-bond acceptors (Lipinski definition) is 2. The van der Waals surface area contributed by atoms with E-state index in [-0.39, 0.29) is 12.4 Å². The summed E-state index contributed by atoms with van der Waals surface area (Å²) < 4.78 is 5.87. The summed E-state index contributed by atoms with van der Waals surface area (Å²) >= 11 is 5.89. The molecule has 4 heteroatoms. The average molecular weight is 374 g/mol. The van der Waals surface area contributed by atoms with Crippen LogP contribution in [0.3, 0.4) is 0 Å². The van der Waals surface area contributed by atoms with Gasteiger partial charge >= 0.3 is 0 Å². The number of hydrogen-bond donors (Lipinski definition) is 1. The predicted molar refractivity (Wildman–Crippen MR) is 106 cm³/mol. The molecule has 0 bridgehead atoms. The molecule has 25 heavy (non-hydrogen) atoms. The smallest absolute Gasteiger partial charge is 0.120 e. The van der Waals surface area contributed by atoms with Crippen LogP contribution >= 0.6 is 24.0 Å². The van der Waals surface area contributed by atoms with E-state index in [1.54, 1.807) is 0 Å². The van der Waals surface area contributed by atoms with Crippen LogP contribution in [0.15, 0.2) is 78.9 Å². The lowest BCUT2D eigenvalue weighted by atomic mass is 10.2. The van der Waals surface area contributed by atoms with Crippen molar-refractivity contribution in [2.45, 2.75) is 19.7 Å². The largest absolute Gasteiger partial charge is 0.489 e. The van der Waals surface area contributed by atoms with Crippen LogP contribution < -0.4 is 10.1 Å². The lowest BCUT2D eigenvalue weighted by Crippen LogP contribution is -2.12. The van der Waals surface area contributed by atoms with Gasteiger partial charge in [-0.15, -0.1) is 12.4 Å². The molecule has 0 aliphatic rings. The molecule has 0 aromatic heterocycles. The Morgan fingerprint density at radius 1 is 0.720 bits per heavy atom. The van der Waals surface area contributed by atoms with Gasteiger partial charge in [-0.25, -0.2) is 0 Å². The molecule has 0 radical (unpaired) electrons. The number of ether oxygens (including phenoxy) is 1. The Hall–Kier alpha value is -2.00. The van der Waals surface area contributed by atoms with Crippen LogP contribution in [0.5, 0.6) is 5.75 Å². The van der Waals surface area contributed by atoms with Crippen molar-refractivity contribution in [2.24, 2.45) is 0 Å². The van der Waals surface area contributed by atoms with Crippen molar-refractivity contribution in [3.05, 3.63) is 101 Å². The van der Waals surface area contributed by atoms with Crippen LogP contribution in [-0.2, 0) is 19.7 Å². The Balaban J connectivity index is 0.00000225. The molecule has 0 amide bonds. The molecule has 3 aromatic rings. The Bertz CT molecular complexity index is 760. The van der Waals surface area contributed by atoms with Gasteiger partial charge in [0.05, 0.1) is 0 Å². The van der Waals surface area contributed by atoms with E-state index in [1.807, 2.05) is 42.5 Å². The van der Waals surface area contributed by atoms with Crippen molar-refractivity contribution in [3.8, 4) is 5.75 Å². The minimum atomic E-state index is 0. The van der Waals surface area contributed by atoms with E-state index in [0.717, 1.165) is 29.4 Å². The maximum atomic E-state index is 5.89. The third-order valence-electron chi connectivity index (χ3n) is 3.72. The van der Waals surface area contributed by atoms with Crippen molar-refractivity contribution in [1.82, 2.24) is 5.32 Å². The van der Waals surface area contributed by atoms with Gasteiger partial charge < -0.3 is 10.1 Å². The highest BCUT2D eigenvalue weighted by Gasteiger charge is 1.99. The quantitative estimate of drug-likeness (QED) is 0.579. The average Bonchev–Trinajstić information content (AvgIpc) is 2.63. The van der Waals surface area contributed by atoms with Crippen LogP contribution in [0.25, 0.3) is 0 Å². The molecule has 1 N–H and O–H groups in total. The Labute approximate surface area is 160 Å². The summed E-state index contributed by atoms with van der Waals surface area (Å²) in [7, 11) is 0. The minimum Gasteiger partial charge on any atom is -0.489 e. The van der Waals surface area contributed by atoms with Gasteiger partial charge in [0.2, 0.25) is 0 Å². The third kappa shape index (κ3) is 6.43. The first-order chi connectivity index (χ1) is 11.8. The van der Waals surface area contributed by atoms with Crippen LogP contribution in [0.4, 0.5) is 0 Å². The zero-order valence-electron chi connectivity index (χ0n) is 13.8. The maximum Gasteiger partial charge on any atom is 0.120 e. The van der Waals surface area contributed by atoms with Gasteiger partial charge in [-0.3, -0.25) is 0 Å². The molecule has 0 heterocycles. The van der Waals surface area contributed by atoms with Crippen LogP contribution in [0.1, 0.15) is 16.7 Å². The Kier molecular flexibility index (Phi) is 7.80. The number of halogens is 2. The lowest BCUT2D eigenvalue weighted by Gasteiger charge is -2.09. The highest BCUT2D eigenvalue weighted by Crippen LogP contribution is 2.16. The van der Waals surface area contributed by atoms with E-state index in [2.05, 4.69) is 41.7 Å². The second-order valence-corrected chi connectivity index (χ2v) is 6.09. The normalized spacial score (nSPS) is 10.1. The number of benzene rings is 3. The molecular formula is C21H21Cl2NO. The molecule has 0 saturated heterocycles. The molecule has 0 aliphatic carbocycles. The highest BCUT2D eigenvalue weighted by atomic mass is 35.5. The molecule has 130 valence electrons. The van der Waals surface area contributed by atoms with Crippen molar-refractivity contribution in [1.29, 1.82) is 0 Å². The fourth-order valence-electron chi connectivity index (χ4n) is 2.44. The number of rotatable bonds is 7. The molecule has 0 atom stereocenters. The summed E-state index contributed by atoms with van der Waals surface area (Å²) in [6, 6.07) is 26.3. The van der Waals surface area contributed by atoms with E-state index in [4.69, 9.17) is 16.3 Å². The number of nitrogens with one attached hydrogen (secondary N) is 1. The monoisotopic (exact) mass is 373 g/mol. The molecule has 0 saturated carbocycles.